The van der Waals surface area contributed by atoms with Crippen molar-refractivity contribution in [2.75, 3.05) is 6.54 Å². The zero-order chi connectivity index (χ0) is 15.1. The van der Waals surface area contributed by atoms with Gasteiger partial charge in [-0.05, 0) is 54.4 Å². The van der Waals surface area contributed by atoms with Gasteiger partial charge in [-0.25, -0.2) is 0 Å². The molecule has 0 aliphatic rings. The van der Waals surface area contributed by atoms with Crippen LogP contribution in [0.3, 0.4) is 0 Å². The minimum absolute atomic E-state index is 0.389. The maximum atomic E-state index is 4.63. The van der Waals surface area contributed by atoms with Crippen LogP contribution in [-0.2, 0) is 19.3 Å². The quantitative estimate of drug-likeness (QED) is 0.773. The van der Waals surface area contributed by atoms with Crippen LogP contribution in [0.4, 0.5) is 0 Å². The lowest BCUT2D eigenvalue weighted by Gasteiger charge is -2.19. The molecular weight excluding hydrogens is 276 g/mol. The van der Waals surface area contributed by atoms with Crippen LogP contribution in [0.2, 0.25) is 0 Å². The number of aryl methyl sites for hydroxylation is 2. The predicted octanol–water partition coefficient (Wildman–Crippen LogP) is 4.55. The Morgan fingerprint density at radius 3 is 2.62 bits per heavy atom. The summed E-state index contributed by atoms with van der Waals surface area (Å²) in [5, 5.41) is 5.90. The fraction of sp³-hybridized carbons (Fsp3) is 0.500. The van der Waals surface area contributed by atoms with Crippen molar-refractivity contribution < 1.29 is 0 Å². The smallest absolute Gasteiger partial charge is 0.0473 e. The lowest BCUT2D eigenvalue weighted by atomic mass is 10.0. The summed E-state index contributed by atoms with van der Waals surface area (Å²) in [6, 6.07) is 7.03. The number of nitrogens with zero attached hydrogens (tertiary/aromatic N) is 1. The van der Waals surface area contributed by atoms with E-state index in [-0.39, 0.29) is 0 Å². The van der Waals surface area contributed by atoms with Crippen LogP contribution < -0.4 is 5.32 Å². The Bertz CT molecular complexity index is 530. The van der Waals surface area contributed by atoms with Crippen LogP contribution in [0.25, 0.3) is 0 Å². The fourth-order valence-corrected chi connectivity index (χ4v) is 3.59. The van der Waals surface area contributed by atoms with Gasteiger partial charge in [0.25, 0.3) is 0 Å². The van der Waals surface area contributed by atoms with E-state index in [0.717, 1.165) is 32.2 Å². The SMILES string of the molecule is CCCNC(Cc1ccc(CC)cn1)c1sccc1CC. The van der Waals surface area contributed by atoms with Gasteiger partial charge < -0.3 is 5.32 Å². The first-order valence-corrected chi connectivity index (χ1v) is 8.89. The number of thiophene rings is 1. The van der Waals surface area contributed by atoms with Crippen LogP contribution in [-0.4, -0.2) is 11.5 Å². The Hall–Kier alpha value is -1.19. The van der Waals surface area contributed by atoms with Crippen LogP contribution >= 0.6 is 11.3 Å². The molecule has 0 radical (unpaired) electrons. The first-order chi connectivity index (χ1) is 10.3. The minimum atomic E-state index is 0.389. The number of pyridine rings is 1. The molecule has 2 aromatic rings. The van der Waals surface area contributed by atoms with Gasteiger partial charge >= 0.3 is 0 Å². The molecule has 2 heterocycles. The molecule has 0 aromatic carbocycles. The molecule has 0 saturated heterocycles. The molecule has 21 heavy (non-hydrogen) atoms. The van der Waals surface area contributed by atoms with E-state index in [0.29, 0.717) is 6.04 Å². The second-order valence-electron chi connectivity index (χ2n) is 5.39. The van der Waals surface area contributed by atoms with Gasteiger partial charge in [-0.15, -0.1) is 11.3 Å². The Kier molecular flexibility index (Phi) is 6.40. The van der Waals surface area contributed by atoms with Crippen LogP contribution in [0.5, 0.6) is 0 Å². The van der Waals surface area contributed by atoms with Crippen molar-refractivity contribution in [2.45, 2.75) is 52.5 Å². The molecule has 1 unspecified atom stereocenters. The molecular formula is C18H26N2S. The van der Waals surface area contributed by atoms with E-state index in [2.05, 4.69) is 54.7 Å². The summed E-state index contributed by atoms with van der Waals surface area (Å²) in [5.41, 5.74) is 3.96. The molecule has 2 aromatic heterocycles. The lowest BCUT2D eigenvalue weighted by molar-refractivity contribution is 0.528. The Morgan fingerprint density at radius 2 is 2.00 bits per heavy atom. The van der Waals surface area contributed by atoms with Gasteiger partial charge in [0.2, 0.25) is 0 Å². The summed E-state index contributed by atoms with van der Waals surface area (Å²) in [7, 11) is 0. The van der Waals surface area contributed by atoms with Crippen LogP contribution in [0.15, 0.2) is 29.8 Å². The maximum Gasteiger partial charge on any atom is 0.0473 e. The van der Waals surface area contributed by atoms with Gasteiger partial charge in [-0.3, -0.25) is 4.98 Å². The van der Waals surface area contributed by atoms with Crippen molar-refractivity contribution in [3.05, 3.63) is 51.5 Å². The number of rotatable bonds is 8. The Balaban J connectivity index is 2.15. The largest absolute Gasteiger partial charge is 0.309 e. The van der Waals surface area contributed by atoms with Crippen molar-refractivity contribution in [3.63, 3.8) is 0 Å². The van der Waals surface area contributed by atoms with E-state index >= 15 is 0 Å². The highest BCUT2D eigenvalue weighted by molar-refractivity contribution is 7.10. The molecule has 2 nitrogen and oxygen atoms in total. The third-order valence-electron chi connectivity index (χ3n) is 3.83. The first-order valence-electron chi connectivity index (χ1n) is 8.01. The summed E-state index contributed by atoms with van der Waals surface area (Å²) < 4.78 is 0. The van der Waals surface area contributed by atoms with Gasteiger partial charge in [-0.1, -0.05) is 26.8 Å². The van der Waals surface area contributed by atoms with Gasteiger partial charge in [-0.2, -0.15) is 0 Å². The number of aromatic nitrogens is 1. The van der Waals surface area contributed by atoms with Gasteiger partial charge in [0.15, 0.2) is 0 Å². The summed E-state index contributed by atoms with van der Waals surface area (Å²) >= 11 is 1.87. The summed E-state index contributed by atoms with van der Waals surface area (Å²) in [6.07, 6.45) is 6.30. The third-order valence-corrected chi connectivity index (χ3v) is 4.90. The molecule has 2 rings (SSSR count). The van der Waals surface area contributed by atoms with E-state index in [1.54, 1.807) is 0 Å². The number of nitrogens with one attached hydrogen (secondary N) is 1. The first kappa shape index (κ1) is 16.2. The molecule has 1 N–H and O–H groups in total. The van der Waals surface area contributed by atoms with E-state index in [1.165, 1.54) is 21.7 Å². The van der Waals surface area contributed by atoms with Gasteiger partial charge in [0, 0.05) is 29.2 Å². The minimum Gasteiger partial charge on any atom is -0.309 e. The van der Waals surface area contributed by atoms with Crippen molar-refractivity contribution in [3.8, 4) is 0 Å². The highest BCUT2D eigenvalue weighted by Gasteiger charge is 2.16. The van der Waals surface area contributed by atoms with Crippen molar-refractivity contribution in [1.29, 1.82) is 0 Å². The Morgan fingerprint density at radius 1 is 1.14 bits per heavy atom. The summed E-state index contributed by atoms with van der Waals surface area (Å²) in [5.74, 6) is 0. The van der Waals surface area contributed by atoms with Gasteiger partial charge in [0.1, 0.15) is 0 Å². The van der Waals surface area contributed by atoms with Crippen molar-refractivity contribution in [2.24, 2.45) is 0 Å². The molecule has 0 amide bonds. The highest BCUT2D eigenvalue weighted by atomic mass is 32.1. The zero-order valence-electron chi connectivity index (χ0n) is 13.4. The van der Waals surface area contributed by atoms with E-state index < -0.39 is 0 Å². The number of hydrogen-bond donors (Lipinski definition) is 1. The third kappa shape index (κ3) is 4.39. The summed E-state index contributed by atoms with van der Waals surface area (Å²) in [4.78, 5) is 6.11. The second-order valence-corrected chi connectivity index (χ2v) is 6.33. The topological polar surface area (TPSA) is 24.9 Å². The Labute approximate surface area is 132 Å². The van der Waals surface area contributed by atoms with Crippen LogP contribution in [0, 0.1) is 0 Å². The van der Waals surface area contributed by atoms with Crippen molar-refractivity contribution in [1.82, 2.24) is 10.3 Å². The molecule has 3 heteroatoms. The van der Waals surface area contributed by atoms with E-state index in [9.17, 15) is 0 Å². The van der Waals surface area contributed by atoms with Crippen molar-refractivity contribution >= 4 is 11.3 Å². The fourth-order valence-electron chi connectivity index (χ4n) is 2.52. The average Bonchev–Trinajstić information content (AvgIpc) is 3.00. The van der Waals surface area contributed by atoms with Gasteiger partial charge in [0.05, 0.1) is 0 Å². The standard InChI is InChI=1S/C18H26N2S/c1-4-10-19-17(18-15(6-3)9-11-21-18)12-16-8-7-14(5-2)13-20-16/h7-9,11,13,17,19H,4-6,10,12H2,1-3H3. The predicted molar refractivity (Wildman–Crippen MR) is 92.1 cm³/mol. The molecule has 0 bridgehead atoms. The molecule has 0 spiro atoms. The molecule has 0 aliphatic carbocycles. The van der Waals surface area contributed by atoms with Crippen LogP contribution in [0.1, 0.15) is 54.9 Å². The number of hydrogen-bond acceptors (Lipinski definition) is 3. The molecule has 0 fully saturated rings. The molecule has 0 saturated carbocycles. The average molecular weight is 302 g/mol. The molecule has 1 atom stereocenters. The van der Waals surface area contributed by atoms with E-state index in [1.807, 2.05) is 17.5 Å². The zero-order valence-corrected chi connectivity index (χ0v) is 14.2. The summed E-state index contributed by atoms with van der Waals surface area (Å²) in [6.45, 7) is 7.67. The lowest BCUT2D eigenvalue weighted by Crippen LogP contribution is -2.24. The van der Waals surface area contributed by atoms with E-state index in [4.69, 9.17) is 0 Å². The molecule has 114 valence electrons. The maximum absolute atomic E-state index is 4.63. The monoisotopic (exact) mass is 302 g/mol. The highest BCUT2D eigenvalue weighted by Crippen LogP contribution is 2.27. The molecule has 0 aliphatic heterocycles. The second kappa shape index (κ2) is 8.30. The normalized spacial score (nSPS) is 12.5.